The van der Waals surface area contributed by atoms with Crippen LogP contribution in [0, 0.1) is 5.82 Å². The number of carboxylic acids is 1. The summed E-state index contributed by atoms with van der Waals surface area (Å²) in [5, 5.41) is 13.3. The van der Waals surface area contributed by atoms with Crippen molar-refractivity contribution in [2.24, 2.45) is 5.10 Å². The van der Waals surface area contributed by atoms with Crippen molar-refractivity contribution in [3.8, 4) is 0 Å². The molecule has 0 radical (unpaired) electrons. The number of anilines is 1. The van der Waals surface area contributed by atoms with E-state index < -0.39 is 17.7 Å². The number of nitrogens with zero attached hydrogens (tertiary/aromatic N) is 2. The Morgan fingerprint density at radius 2 is 2.18 bits per heavy atom. The molecule has 1 aliphatic rings. The highest BCUT2D eigenvalue weighted by Gasteiger charge is 2.27. The number of hydrazone groups is 1. The highest BCUT2D eigenvalue weighted by atomic mass is 19.1. The first kappa shape index (κ1) is 11.3. The van der Waals surface area contributed by atoms with Crippen LogP contribution in [-0.2, 0) is 9.59 Å². The van der Waals surface area contributed by atoms with Crippen LogP contribution in [0.2, 0.25) is 0 Å². The topological polar surface area (TPSA) is 70.0 Å². The molecule has 0 bridgehead atoms. The normalized spacial score (nSPS) is 15.0. The van der Waals surface area contributed by atoms with Crippen LogP contribution in [0.3, 0.4) is 0 Å². The predicted molar refractivity (Wildman–Crippen MR) is 58.2 cm³/mol. The molecule has 0 fully saturated rings. The minimum Gasteiger partial charge on any atom is -0.481 e. The van der Waals surface area contributed by atoms with Gasteiger partial charge in [0.15, 0.2) is 0 Å². The standard InChI is InChI=1S/C11H9FN2O3/c12-8-3-1-2-4-9(8)14-10(15)5-7(13-14)6-11(16)17/h1-4H,5-6H2,(H,16,17). The van der Waals surface area contributed by atoms with Crippen LogP contribution < -0.4 is 5.01 Å². The molecule has 2 rings (SSSR count). The van der Waals surface area contributed by atoms with Crippen molar-refractivity contribution in [2.45, 2.75) is 12.8 Å². The molecule has 1 aliphatic heterocycles. The Morgan fingerprint density at radius 3 is 2.82 bits per heavy atom. The maximum Gasteiger partial charge on any atom is 0.309 e. The van der Waals surface area contributed by atoms with Gasteiger partial charge in [0.05, 0.1) is 18.6 Å². The third-order valence-electron chi connectivity index (χ3n) is 2.27. The number of hydrogen-bond acceptors (Lipinski definition) is 3. The summed E-state index contributed by atoms with van der Waals surface area (Å²) < 4.78 is 13.4. The summed E-state index contributed by atoms with van der Waals surface area (Å²) in [5.41, 5.74) is 0.267. The van der Waals surface area contributed by atoms with Crippen molar-refractivity contribution in [1.82, 2.24) is 0 Å². The molecule has 1 N–H and O–H groups in total. The zero-order chi connectivity index (χ0) is 12.4. The zero-order valence-corrected chi connectivity index (χ0v) is 8.76. The van der Waals surface area contributed by atoms with Crippen molar-refractivity contribution in [2.75, 3.05) is 5.01 Å². The third-order valence-corrected chi connectivity index (χ3v) is 2.27. The molecule has 1 aromatic rings. The number of rotatable bonds is 3. The maximum absolute atomic E-state index is 13.4. The second kappa shape index (κ2) is 4.32. The lowest BCUT2D eigenvalue weighted by atomic mass is 10.2. The monoisotopic (exact) mass is 236 g/mol. The fourth-order valence-corrected chi connectivity index (χ4v) is 1.57. The van der Waals surface area contributed by atoms with E-state index in [0.717, 1.165) is 5.01 Å². The van der Waals surface area contributed by atoms with E-state index in [4.69, 9.17) is 5.11 Å². The summed E-state index contributed by atoms with van der Waals surface area (Å²) in [5.74, 6) is -2.06. The van der Waals surface area contributed by atoms with Crippen LogP contribution >= 0.6 is 0 Å². The lowest BCUT2D eigenvalue weighted by molar-refractivity contribution is -0.135. The third kappa shape index (κ3) is 2.30. The van der Waals surface area contributed by atoms with Gasteiger partial charge < -0.3 is 5.11 Å². The number of carboxylic acid groups (broad SMARTS) is 1. The smallest absolute Gasteiger partial charge is 0.309 e. The van der Waals surface area contributed by atoms with E-state index in [-0.39, 0.29) is 24.2 Å². The first-order valence-corrected chi connectivity index (χ1v) is 4.93. The molecule has 1 amide bonds. The SMILES string of the molecule is O=C(O)CC1=NN(c2ccccc2F)C(=O)C1. The van der Waals surface area contributed by atoms with E-state index >= 15 is 0 Å². The van der Waals surface area contributed by atoms with Gasteiger partial charge in [-0.25, -0.2) is 4.39 Å². The number of halogens is 1. The van der Waals surface area contributed by atoms with E-state index in [0.29, 0.717) is 0 Å². The molecule has 6 heteroatoms. The second-order valence-corrected chi connectivity index (χ2v) is 3.57. The molecule has 0 atom stereocenters. The van der Waals surface area contributed by atoms with Gasteiger partial charge in [-0.15, -0.1) is 0 Å². The number of aliphatic carboxylic acids is 1. The van der Waals surface area contributed by atoms with Crippen LogP contribution in [0.4, 0.5) is 10.1 Å². The highest BCUT2D eigenvalue weighted by Crippen LogP contribution is 2.23. The van der Waals surface area contributed by atoms with Gasteiger partial charge in [-0.05, 0) is 12.1 Å². The van der Waals surface area contributed by atoms with E-state index in [9.17, 15) is 14.0 Å². The van der Waals surface area contributed by atoms with Crippen LogP contribution in [0.5, 0.6) is 0 Å². The summed E-state index contributed by atoms with van der Waals surface area (Å²) in [6.07, 6.45) is -0.392. The van der Waals surface area contributed by atoms with E-state index in [2.05, 4.69) is 5.10 Å². The average Bonchev–Trinajstić information content (AvgIpc) is 2.59. The lowest BCUT2D eigenvalue weighted by Gasteiger charge is -2.11. The van der Waals surface area contributed by atoms with Crippen molar-refractivity contribution in [3.63, 3.8) is 0 Å². The van der Waals surface area contributed by atoms with Gasteiger partial charge in [-0.3, -0.25) is 9.59 Å². The summed E-state index contributed by atoms with van der Waals surface area (Å²) in [7, 11) is 0. The van der Waals surface area contributed by atoms with Gasteiger partial charge in [0, 0.05) is 0 Å². The number of hydrogen-bond donors (Lipinski definition) is 1. The Balaban J connectivity index is 2.28. The van der Waals surface area contributed by atoms with Crippen LogP contribution in [-0.4, -0.2) is 22.7 Å². The average molecular weight is 236 g/mol. The first-order chi connectivity index (χ1) is 8.08. The van der Waals surface area contributed by atoms with E-state index in [1.54, 1.807) is 6.07 Å². The molecule has 1 aromatic carbocycles. The minimum absolute atomic E-state index is 0.0397. The van der Waals surface area contributed by atoms with Gasteiger partial charge in [0.2, 0.25) is 0 Å². The van der Waals surface area contributed by atoms with Gasteiger partial charge in [0.25, 0.3) is 5.91 Å². The summed E-state index contributed by atoms with van der Waals surface area (Å²) >= 11 is 0. The van der Waals surface area contributed by atoms with Gasteiger partial charge >= 0.3 is 5.97 Å². The Kier molecular flexibility index (Phi) is 2.86. The molecule has 5 nitrogen and oxygen atoms in total. The van der Waals surface area contributed by atoms with Crippen molar-refractivity contribution in [1.29, 1.82) is 0 Å². The molecule has 0 aliphatic carbocycles. The van der Waals surface area contributed by atoms with Gasteiger partial charge in [0.1, 0.15) is 11.5 Å². The molecule has 17 heavy (non-hydrogen) atoms. The Hall–Kier alpha value is -2.24. The highest BCUT2D eigenvalue weighted by molar-refractivity contribution is 6.16. The largest absolute Gasteiger partial charge is 0.481 e. The Morgan fingerprint density at radius 1 is 1.47 bits per heavy atom. The molecule has 0 saturated heterocycles. The fourth-order valence-electron chi connectivity index (χ4n) is 1.57. The molecule has 88 valence electrons. The molecular formula is C11H9FN2O3. The number of amides is 1. The zero-order valence-electron chi connectivity index (χ0n) is 8.76. The number of benzene rings is 1. The van der Waals surface area contributed by atoms with Gasteiger partial charge in [-0.2, -0.15) is 10.1 Å². The number of para-hydroxylation sites is 1. The fraction of sp³-hybridized carbons (Fsp3) is 0.182. The number of carbonyl (C=O) groups excluding carboxylic acids is 1. The van der Waals surface area contributed by atoms with E-state index in [1.165, 1.54) is 18.2 Å². The molecular weight excluding hydrogens is 227 g/mol. The molecule has 1 heterocycles. The summed E-state index contributed by atoms with van der Waals surface area (Å²) in [6, 6.07) is 5.71. The van der Waals surface area contributed by atoms with Crippen molar-refractivity contribution in [3.05, 3.63) is 30.1 Å². The quantitative estimate of drug-likeness (QED) is 0.862. The van der Waals surface area contributed by atoms with Crippen molar-refractivity contribution < 1.29 is 19.1 Å². The molecule has 0 aromatic heterocycles. The summed E-state index contributed by atoms with van der Waals surface area (Å²) in [4.78, 5) is 22.1. The van der Waals surface area contributed by atoms with Crippen molar-refractivity contribution >= 4 is 23.3 Å². The lowest BCUT2D eigenvalue weighted by Crippen LogP contribution is -2.20. The van der Waals surface area contributed by atoms with Crippen LogP contribution in [0.1, 0.15) is 12.8 Å². The van der Waals surface area contributed by atoms with E-state index in [1.807, 2.05) is 0 Å². The molecule has 0 saturated carbocycles. The predicted octanol–water partition coefficient (Wildman–Crippen LogP) is 1.39. The second-order valence-electron chi connectivity index (χ2n) is 3.57. The number of carbonyl (C=O) groups is 2. The van der Waals surface area contributed by atoms with Crippen LogP contribution in [0.15, 0.2) is 29.4 Å². The first-order valence-electron chi connectivity index (χ1n) is 4.93. The minimum atomic E-state index is -1.06. The molecule has 0 spiro atoms. The Labute approximate surface area is 96.2 Å². The van der Waals surface area contributed by atoms with Gasteiger partial charge in [-0.1, -0.05) is 12.1 Å². The Bertz CT molecular complexity index is 513. The summed E-state index contributed by atoms with van der Waals surface area (Å²) in [6.45, 7) is 0. The molecule has 0 unspecified atom stereocenters. The maximum atomic E-state index is 13.4. The van der Waals surface area contributed by atoms with Crippen LogP contribution in [0.25, 0.3) is 0 Å².